The molecule has 1 aliphatic heterocycles. The van der Waals surface area contributed by atoms with Crippen LogP contribution in [0.15, 0.2) is 0 Å². The molecule has 19 heavy (non-hydrogen) atoms. The molecule has 1 rings (SSSR count). The number of aliphatic carboxylic acids is 1. The van der Waals surface area contributed by atoms with Crippen molar-refractivity contribution in [3.63, 3.8) is 0 Å². The van der Waals surface area contributed by atoms with Gasteiger partial charge in [-0.3, -0.25) is 9.59 Å². The van der Waals surface area contributed by atoms with E-state index in [0.717, 1.165) is 25.9 Å². The number of nitrogens with one attached hydrogen (secondary N) is 1. The second-order valence-corrected chi connectivity index (χ2v) is 5.19. The first-order valence-corrected chi connectivity index (χ1v) is 6.69. The number of methoxy groups -OCH3 is 1. The number of piperidine rings is 1. The van der Waals surface area contributed by atoms with Crippen LogP contribution in [0.3, 0.4) is 0 Å². The predicted octanol–water partition coefficient (Wildman–Crippen LogP) is 0.326. The lowest BCUT2D eigenvalue weighted by Gasteiger charge is -2.38. The number of carbonyl (C=O) groups is 2. The van der Waals surface area contributed by atoms with Crippen molar-refractivity contribution in [2.45, 2.75) is 25.7 Å². The fourth-order valence-electron chi connectivity index (χ4n) is 2.58. The van der Waals surface area contributed by atoms with Gasteiger partial charge in [-0.15, -0.1) is 0 Å². The van der Waals surface area contributed by atoms with Gasteiger partial charge in [0.05, 0.1) is 12.0 Å². The van der Waals surface area contributed by atoms with Gasteiger partial charge >= 0.3 is 5.97 Å². The maximum Gasteiger partial charge on any atom is 0.303 e. The molecule has 0 aromatic carbocycles. The van der Waals surface area contributed by atoms with E-state index in [1.807, 2.05) is 0 Å². The molecule has 1 saturated heterocycles. The van der Waals surface area contributed by atoms with Gasteiger partial charge in [0.2, 0.25) is 5.91 Å². The predicted molar refractivity (Wildman–Crippen MR) is 70.9 cm³/mol. The zero-order chi connectivity index (χ0) is 14.3. The highest BCUT2D eigenvalue weighted by molar-refractivity contribution is 5.83. The molecule has 0 unspecified atom stereocenters. The van der Waals surface area contributed by atoms with E-state index in [1.165, 1.54) is 0 Å². The first-order valence-electron chi connectivity index (χ1n) is 6.69. The van der Waals surface area contributed by atoms with Crippen LogP contribution in [0.4, 0.5) is 0 Å². The smallest absolute Gasteiger partial charge is 0.303 e. The Labute approximate surface area is 114 Å². The maximum absolute atomic E-state index is 12.6. The summed E-state index contributed by atoms with van der Waals surface area (Å²) in [6.07, 6.45) is 2.11. The first-order chi connectivity index (χ1) is 9.02. The summed E-state index contributed by atoms with van der Waals surface area (Å²) in [5, 5.41) is 11.9. The van der Waals surface area contributed by atoms with Gasteiger partial charge in [0.25, 0.3) is 0 Å². The lowest BCUT2D eigenvalue weighted by molar-refractivity contribution is -0.147. The van der Waals surface area contributed by atoms with Crippen LogP contribution >= 0.6 is 0 Å². The molecule has 0 bridgehead atoms. The Bertz CT molecular complexity index is 308. The molecule has 0 aromatic heterocycles. The van der Waals surface area contributed by atoms with Gasteiger partial charge in [0.15, 0.2) is 0 Å². The topological polar surface area (TPSA) is 78.9 Å². The number of hydrogen-bond donors (Lipinski definition) is 2. The molecular formula is C13H24N2O4. The normalized spacial score (nSPS) is 18.0. The summed E-state index contributed by atoms with van der Waals surface area (Å²) in [5.74, 6) is -0.754. The van der Waals surface area contributed by atoms with Crippen LogP contribution in [-0.4, -0.2) is 62.3 Å². The third kappa shape index (κ3) is 4.47. The number of rotatable bonds is 7. The first kappa shape index (κ1) is 15.9. The van der Waals surface area contributed by atoms with E-state index in [2.05, 4.69) is 5.32 Å². The van der Waals surface area contributed by atoms with Gasteiger partial charge in [-0.25, -0.2) is 0 Å². The van der Waals surface area contributed by atoms with Crippen LogP contribution in [0.1, 0.15) is 25.7 Å². The molecule has 0 spiro atoms. The molecular weight excluding hydrogens is 248 g/mol. The van der Waals surface area contributed by atoms with Crippen LogP contribution in [0.5, 0.6) is 0 Å². The van der Waals surface area contributed by atoms with Crippen molar-refractivity contribution < 1.29 is 19.4 Å². The van der Waals surface area contributed by atoms with Gasteiger partial charge in [0, 0.05) is 27.1 Å². The van der Waals surface area contributed by atoms with Gasteiger partial charge in [0.1, 0.15) is 0 Å². The highest BCUT2D eigenvalue weighted by Gasteiger charge is 2.41. The molecule has 110 valence electrons. The molecule has 0 atom stereocenters. The Balaban J connectivity index is 2.57. The average Bonchev–Trinajstić information content (AvgIpc) is 2.38. The molecule has 1 amide bonds. The maximum atomic E-state index is 12.6. The van der Waals surface area contributed by atoms with Crippen molar-refractivity contribution in [1.82, 2.24) is 10.2 Å². The van der Waals surface area contributed by atoms with Crippen molar-refractivity contribution in [2.75, 3.05) is 40.4 Å². The van der Waals surface area contributed by atoms with E-state index in [9.17, 15) is 9.59 Å². The third-order valence-electron chi connectivity index (χ3n) is 3.67. The lowest BCUT2D eigenvalue weighted by Crippen LogP contribution is -2.50. The summed E-state index contributed by atoms with van der Waals surface area (Å²) in [6.45, 7) is 2.54. The average molecular weight is 272 g/mol. The second kappa shape index (κ2) is 7.45. The Morgan fingerprint density at radius 3 is 2.53 bits per heavy atom. The lowest BCUT2D eigenvalue weighted by atomic mass is 9.78. The standard InChI is InChI=1S/C13H24N2O4/c1-15(9-3-4-11(16)17)12(18)13(10-19-2)5-7-14-8-6-13/h14H,3-10H2,1-2H3,(H,16,17). The van der Waals surface area contributed by atoms with E-state index >= 15 is 0 Å². The summed E-state index contributed by atoms with van der Waals surface area (Å²) in [6, 6.07) is 0. The SMILES string of the molecule is COCC1(C(=O)N(C)CCCC(=O)O)CCNCC1. The van der Waals surface area contributed by atoms with E-state index in [0.29, 0.717) is 19.6 Å². The van der Waals surface area contributed by atoms with Crippen LogP contribution < -0.4 is 5.32 Å². The minimum Gasteiger partial charge on any atom is -0.481 e. The number of carbonyl (C=O) groups excluding carboxylic acids is 1. The Morgan fingerprint density at radius 1 is 1.37 bits per heavy atom. The number of hydrogen-bond acceptors (Lipinski definition) is 4. The fraction of sp³-hybridized carbons (Fsp3) is 0.846. The largest absolute Gasteiger partial charge is 0.481 e. The zero-order valence-corrected chi connectivity index (χ0v) is 11.8. The van der Waals surface area contributed by atoms with Crippen LogP contribution in [-0.2, 0) is 14.3 Å². The molecule has 6 heteroatoms. The molecule has 1 fully saturated rings. The Hall–Kier alpha value is -1.14. The summed E-state index contributed by atoms with van der Waals surface area (Å²) < 4.78 is 5.23. The van der Waals surface area contributed by atoms with E-state index in [1.54, 1.807) is 19.1 Å². The quantitative estimate of drug-likeness (QED) is 0.698. The molecule has 0 radical (unpaired) electrons. The number of carboxylic acids is 1. The minimum absolute atomic E-state index is 0.0706. The van der Waals surface area contributed by atoms with Gasteiger partial charge in [-0.1, -0.05) is 0 Å². The molecule has 0 aliphatic carbocycles. The van der Waals surface area contributed by atoms with Crippen molar-refractivity contribution in [3.05, 3.63) is 0 Å². The highest BCUT2D eigenvalue weighted by atomic mass is 16.5. The molecule has 0 aromatic rings. The highest BCUT2D eigenvalue weighted by Crippen LogP contribution is 2.31. The number of nitrogens with zero attached hydrogens (tertiary/aromatic N) is 1. The zero-order valence-electron chi connectivity index (χ0n) is 11.8. The van der Waals surface area contributed by atoms with Crippen molar-refractivity contribution in [1.29, 1.82) is 0 Å². The third-order valence-corrected chi connectivity index (χ3v) is 3.67. The van der Waals surface area contributed by atoms with Crippen LogP contribution in [0.25, 0.3) is 0 Å². The fourth-order valence-corrected chi connectivity index (χ4v) is 2.58. The van der Waals surface area contributed by atoms with Crippen molar-refractivity contribution >= 4 is 11.9 Å². The van der Waals surface area contributed by atoms with Gasteiger partial charge in [-0.2, -0.15) is 0 Å². The van der Waals surface area contributed by atoms with E-state index in [-0.39, 0.29) is 12.3 Å². The molecule has 0 saturated carbocycles. The second-order valence-electron chi connectivity index (χ2n) is 5.19. The summed E-state index contributed by atoms with van der Waals surface area (Å²) in [4.78, 5) is 24.7. The van der Waals surface area contributed by atoms with E-state index in [4.69, 9.17) is 9.84 Å². The molecule has 1 aliphatic rings. The van der Waals surface area contributed by atoms with Gasteiger partial charge in [-0.05, 0) is 32.4 Å². The summed E-state index contributed by atoms with van der Waals surface area (Å²) in [5.41, 5.74) is -0.446. The van der Waals surface area contributed by atoms with Crippen LogP contribution in [0, 0.1) is 5.41 Å². The van der Waals surface area contributed by atoms with Crippen LogP contribution in [0.2, 0.25) is 0 Å². The molecule has 1 heterocycles. The monoisotopic (exact) mass is 272 g/mol. The number of carboxylic acid groups (broad SMARTS) is 1. The number of amides is 1. The Morgan fingerprint density at radius 2 is 2.00 bits per heavy atom. The van der Waals surface area contributed by atoms with E-state index < -0.39 is 11.4 Å². The number of ether oxygens (including phenoxy) is 1. The van der Waals surface area contributed by atoms with Gasteiger partial charge < -0.3 is 20.1 Å². The summed E-state index contributed by atoms with van der Waals surface area (Å²) >= 11 is 0. The summed E-state index contributed by atoms with van der Waals surface area (Å²) in [7, 11) is 3.35. The minimum atomic E-state index is -0.825. The van der Waals surface area contributed by atoms with Crippen molar-refractivity contribution in [2.24, 2.45) is 5.41 Å². The molecule has 6 nitrogen and oxygen atoms in total. The van der Waals surface area contributed by atoms with Crippen molar-refractivity contribution in [3.8, 4) is 0 Å². The Kier molecular flexibility index (Phi) is 6.24. The molecule has 2 N–H and O–H groups in total.